The SMILES string of the molecule is CC[C@@H](O)c1ccccc1N1CCC(OCCO)CC1. The number of aliphatic hydroxyl groups excluding tert-OH is 2. The van der Waals surface area contributed by atoms with Crippen LogP contribution < -0.4 is 4.90 Å². The summed E-state index contributed by atoms with van der Waals surface area (Å²) in [6.07, 6.45) is 2.52. The van der Waals surface area contributed by atoms with E-state index in [4.69, 9.17) is 9.84 Å². The molecule has 1 aliphatic rings. The summed E-state index contributed by atoms with van der Waals surface area (Å²) in [5, 5.41) is 18.9. The first-order valence-electron chi connectivity index (χ1n) is 7.50. The number of benzene rings is 1. The van der Waals surface area contributed by atoms with Gasteiger partial charge in [0.15, 0.2) is 0 Å². The lowest BCUT2D eigenvalue weighted by Crippen LogP contribution is -2.38. The van der Waals surface area contributed by atoms with E-state index in [0.717, 1.165) is 43.6 Å². The Kier molecular flexibility index (Phi) is 5.83. The first kappa shape index (κ1) is 15.3. The molecule has 4 nitrogen and oxygen atoms in total. The van der Waals surface area contributed by atoms with E-state index < -0.39 is 6.10 Å². The van der Waals surface area contributed by atoms with Crippen LogP contribution in [0.4, 0.5) is 5.69 Å². The van der Waals surface area contributed by atoms with Gasteiger partial charge >= 0.3 is 0 Å². The number of piperidine rings is 1. The molecule has 0 saturated carbocycles. The number of ether oxygens (including phenoxy) is 1. The lowest BCUT2D eigenvalue weighted by Gasteiger charge is -2.35. The van der Waals surface area contributed by atoms with Crippen LogP contribution in [0.5, 0.6) is 0 Å². The maximum Gasteiger partial charge on any atom is 0.0807 e. The fraction of sp³-hybridized carbons (Fsp3) is 0.625. The second kappa shape index (κ2) is 7.62. The Morgan fingerprint density at radius 1 is 1.30 bits per heavy atom. The van der Waals surface area contributed by atoms with Crippen molar-refractivity contribution >= 4 is 5.69 Å². The van der Waals surface area contributed by atoms with Crippen LogP contribution in [0.1, 0.15) is 37.9 Å². The van der Waals surface area contributed by atoms with Gasteiger partial charge in [-0.05, 0) is 25.3 Å². The van der Waals surface area contributed by atoms with Crippen molar-refractivity contribution in [1.82, 2.24) is 0 Å². The molecule has 1 saturated heterocycles. The summed E-state index contributed by atoms with van der Waals surface area (Å²) in [4.78, 5) is 2.33. The molecule has 0 amide bonds. The van der Waals surface area contributed by atoms with E-state index in [1.165, 1.54) is 0 Å². The monoisotopic (exact) mass is 279 g/mol. The van der Waals surface area contributed by atoms with Crippen molar-refractivity contribution in [3.8, 4) is 0 Å². The molecule has 1 fully saturated rings. The third-order valence-electron chi connectivity index (χ3n) is 3.91. The van der Waals surface area contributed by atoms with Crippen LogP contribution in [0.2, 0.25) is 0 Å². The number of nitrogens with zero attached hydrogens (tertiary/aromatic N) is 1. The molecule has 0 aromatic heterocycles. The average molecular weight is 279 g/mol. The first-order valence-corrected chi connectivity index (χ1v) is 7.50. The maximum atomic E-state index is 10.1. The third kappa shape index (κ3) is 3.72. The average Bonchev–Trinajstić information content (AvgIpc) is 2.52. The van der Waals surface area contributed by atoms with Gasteiger partial charge in [0, 0.05) is 24.3 Å². The molecule has 112 valence electrons. The van der Waals surface area contributed by atoms with Crippen LogP contribution in [0.25, 0.3) is 0 Å². The zero-order chi connectivity index (χ0) is 14.4. The largest absolute Gasteiger partial charge is 0.394 e. The molecule has 1 aliphatic heterocycles. The highest BCUT2D eigenvalue weighted by atomic mass is 16.5. The van der Waals surface area contributed by atoms with Crippen molar-refractivity contribution in [1.29, 1.82) is 0 Å². The fourth-order valence-corrected chi connectivity index (χ4v) is 2.76. The highest BCUT2D eigenvalue weighted by Gasteiger charge is 2.22. The molecule has 1 aromatic rings. The summed E-state index contributed by atoms with van der Waals surface area (Å²) >= 11 is 0. The van der Waals surface area contributed by atoms with Crippen molar-refractivity contribution < 1.29 is 14.9 Å². The molecule has 2 rings (SSSR count). The minimum atomic E-state index is -0.394. The van der Waals surface area contributed by atoms with Crippen LogP contribution in [0.3, 0.4) is 0 Å². The summed E-state index contributed by atoms with van der Waals surface area (Å²) in [6, 6.07) is 8.10. The molecule has 0 spiro atoms. The molecule has 0 unspecified atom stereocenters. The van der Waals surface area contributed by atoms with Crippen LogP contribution in [0, 0.1) is 0 Å². The van der Waals surface area contributed by atoms with Crippen molar-refractivity contribution in [3.05, 3.63) is 29.8 Å². The van der Waals surface area contributed by atoms with E-state index in [-0.39, 0.29) is 12.7 Å². The Bertz CT molecular complexity index is 402. The van der Waals surface area contributed by atoms with Crippen LogP contribution >= 0.6 is 0 Å². The Balaban J connectivity index is 2.00. The van der Waals surface area contributed by atoms with Crippen LogP contribution in [-0.4, -0.2) is 42.6 Å². The molecule has 2 N–H and O–H groups in total. The number of aliphatic hydroxyl groups is 2. The minimum Gasteiger partial charge on any atom is -0.394 e. The first-order chi connectivity index (χ1) is 9.76. The van der Waals surface area contributed by atoms with Crippen molar-refractivity contribution in [3.63, 3.8) is 0 Å². The van der Waals surface area contributed by atoms with Crippen molar-refractivity contribution in [2.75, 3.05) is 31.2 Å². The van der Waals surface area contributed by atoms with Gasteiger partial charge in [0.2, 0.25) is 0 Å². The highest BCUT2D eigenvalue weighted by molar-refractivity contribution is 5.55. The van der Waals surface area contributed by atoms with Gasteiger partial charge in [-0.2, -0.15) is 0 Å². The van der Waals surface area contributed by atoms with Gasteiger partial charge in [-0.25, -0.2) is 0 Å². The predicted molar refractivity (Wildman–Crippen MR) is 80.0 cm³/mol. The van der Waals surface area contributed by atoms with Gasteiger partial charge in [-0.1, -0.05) is 25.1 Å². The van der Waals surface area contributed by atoms with E-state index >= 15 is 0 Å². The van der Waals surface area contributed by atoms with Gasteiger partial charge in [0.25, 0.3) is 0 Å². The smallest absolute Gasteiger partial charge is 0.0807 e. The normalized spacial score (nSPS) is 18.2. The number of hydrogen-bond acceptors (Lipinski definition) is 4. The number of hydrogen-bond donors (Lipinski definition) is 2. The standard InChI is InChI=1S/C16H25NO3/c1-2-16(19)14-5-3-4-6-15(14)17-9-7-13(8-10-17)20-12-11-18/h3-6,13,16,18-19H,2,7-12H2,1H3/t16-/m1/s1. The maximum absolute atomic E-state index is 10.1. The van der Waals surface area contributed by atoms with E-state index in [9.17, 15) is 5.11 Å². The Hall–Kier alpha value is -1.10. The topological polar surface area (TPSA) is 52.9 Å². The van der Waals surface area contributed by atoms with Gasteiger partial charge in [0.1, 0.15) is 0 Å². The summed E-state index contributed by atoms with van der Waals surface area (Å²) in [6.45, 7) is 4.38. The minimum absolute atomic E-state index is 0.0890. The summed E-state index contributed by atoms with van der Waals surface area (Å²) < 4.78 is 5.59. The number of para-hydroxylation sites is 1. The molecule has 0 aliphatic carbocycles. The quantitative estimate of drug-likeness (QED) is 0.837. The molecule has 1 atom stereocenters. The Morgan fingerprint density at radius 3 is 2.65 bits per heavy atom. The zero-order valence-corrected chi connectivity index (χ0v) is 12.2. The summed E-state index contributed by atoms with van der Waals surface area (Å²) in [5.41, 5.74) is 2.16. The lowest BCUT2D eigenvalue weighted by atomic mass is 10.0. The zero-order valence-electron chi connectivity index (χ0n) is 12.2. The molecule has 1 aromatic carbocycles. The van der Waals surface area contributed by atoms with E-state index in [1.807, 2.05) is 25.1 Å². The molecule has 0 bridgehead atoms. The third-order valence-corrected chi connectivity index (χ3v) is 3.91. The van der Waals surface area contributed by atoms with E-state index in [0.29, 0.717) is 6.61 Å². The number of rotatable bonds is 6. The Labute approximate surface area is 121 Å². The molecular weight excluding hydrogens is 254 g/mol. The van der Waals surface area contributed by atoms with E-state index in [2.05, 4.69) is 11.0 Å². The molecular formula is C16H25NO3. The summed E-state index contributed by atoms with van der Waals surface area (Å²) in [5.74, 6) is 0. The van der Waals surface area contributed by atoms with Gasteiger partial charge in [-0.15, -0.1) is 0 Å². The summed E-state index contributed by atoms with van der Waals surface area (Å²) in [7, 11) is 0. The Morgan fingerprint density at radius 2 is 2.00 bits per heavy atom. The van der Waals surface area contributed by atoms with E-state index in [1.54, 1.807) is 0 Å². The second-order valence-corrected chi connectivity index (χ2v) is 5.26. The molecule has 1 heterocycles. The van der Waals surface area contributed by atoms with Gasteiger partial charge in [-0.3, -0.25) is 0 Å². The van der Waals surface area contributed by atoms with Gasteiger partial charge < -0.3 is 19.8 Å². The van der Waals surface area contributed by atoms with Gasteiger partial charge in [0.05, 0.1) is 25.4 Å². The lowest BCUT2D eigenvalue weighted by molar-refractivity contribution is 0.0158. The molecule has 4 heteroatoms. The molecule has 20 heavy (non-hydrogen) atoms. The predicted octanol–water partition coefficient (Wildman–Crippen LogP) is 2.11. The van der Waals surface area contributed by atoms with Crippen molar-refractivity contribution in [2.45, 2.75) is 38.4 Å². The molecule has 0 radical (unpaired) electrons. The van der Waals surface area contributed by atoms with Crippen molar-refractivity contribution in [2.24, 2.45) is 0 Å². The van der Waals surface area contributed by atoms with Crippen LogP contribution in [-0.2, 0) is 4.74 Å². The second-order valence-electron chi connectivity index (χ2n) is 5.26. The fourth-order valence-electron chi connectivity index (χ4n) is 2.76. The van der Waals surface area contributed by atoms with Crippen LogP contribution in [0.15, 0.2) is 24.3 Å². The number of anilines is 1. The highest BCUT2D eigenvalue weighted by Crippen LogP contribution is 2.30.